The number of alkyl carbamates (subject to hydrolysis) is 1. The number of aromatic nitrogens is 1. The van der Waals surface area contributed by atoms with Crippen LogP contribution in [-0.4, -0.2) is 83.0 Å². The number of ether oxygens (including phenoxy) is 3. The molecule has 1 aliphatic heterocycles. The summed E-state index contributed by atoms with van der Waals surface area (Å²) < 4.78 is 36.7. The van der Waals surface area contributed by atoms with Crippen LogP contribution in [0.5, 0.6) is 5.75 Å². The number of carbonyl (C=O) groups is 5. The standard InChI is InChI=1S/C48H59FN4O9/c1-48(2,3)62-46(57)50-27-13-12-18-34(43(55)44-51-38-19-10-11-20-42(38)61-44)28-41(54)40-29-37(59-31-33-16-8-5-9-17-33)30-53(40)45(56)39(26-21-32-14-6-4-7-15-32)52-47(58)60-36-24-22-35(49)23-25-36/h4,6-7,10-11,14-15,19-20,22-25,33-34,37,39-40H,5,8-9,12-13,16-18,21,26-31H2,1-3H3,(H,50,57)(H,52,58)/t34-,37-,39-,40+/m1/s1. The van der Waals surface area contributed by atoms with Gasteiger partial charge < -0.3 is 34.2 Å². The van der Waals surface area contributed by atoms with Crippen molar-refractivity contribution in [2.45, 2.75) is 122 Å². The Morgan fingerprint density at radius 2 is 1.61 bits per heavy atom. The lowest BCUT2D eigenvalue weighted by Gasteiger charge is -2.29. The monoisotopic (exact) mass is 854 g/mol. The van der Waals surface area contributed by atoms with Gasteiger partial charge in [0.1, 0.15) is 28.7 Å². The molecule has 2 aliphatic rings. The van der Waals surface area contributed by atoms with Gasteiger partial charge in [-0.1, -0.05) is 68.1 Å². The number of rotatable bonds is 19. The van der Waals surface area contributed by atoms with E-state index in [2.05, 4.69) is 15.6 Å². The van der Waals surface area contributed by atoms with Gasteiger partial charge in [0.15, 0.2) is 11.4 Å². The first kappa shape index (κ1) is 45.9. The highest BCUT2D eigenvalue weighted by molar-refractivity contribution is 6.00. The first-order chi connectivity index (χ1) is 29.8. The second-order valence-corrected chi connectivity index (χ2v) is 17.4. The number of carbonyl (C=O) groups excluding carboxylic acids is 5. The third kappa shape index (κ3) is 13.7. The molecule has 1 saturated heterocycles. The fraction of sp³-hybridized carbons (Fsp3) is 0.500. The maximum absolute atomic E-state index is 14.8. The van der Waals surface area contributed by atoms with Crippen LogP contribution in [0.2, 0.25) is 0 Å². The van der Waals surface area contributed by atoms with Crippen LogP contribution in [0, 0.1) is 17.7 Å². The molecule has 0 spiro atoms. The molecule has 0 radical (unpaired) electrons. The number of aryl methyl sites for hydroxylation is 1. The normalized spacial score (nSPS) is 17.9. The number of para-hydroxylation sites is 2. The predicted octanol–water partition coefficient (Wildman–Crippen LogP) is 8.78. The van der Waals surface area contributed by atoms with Gasteiger partial charge in [-0.25, -0.2) is 19.0 Å². The Hall–Kier alpha value is -5.63. The second kappa shape index (κ2) is 21.9. The number of oxazole rings is 1. The summed E-state index contributed by atoms with van der Waals surface area (Å²) in [4.78, 5) is 75.1. The largest absolute Gasteiger partial charge is 0.444 e. The molecular formula is C48H59FN4O9. The molecule has 2 heterocycles. The van der Waals surface area contributed by atoms with Crippen molar-refractivity contribution in [1.29, 1.82) is 0 Å². The highest BCUT2D eigenvalue weighted by Crippen LogP contribution is 2.31. The fourth-order valence-corrected chi connectivity index (χ4v) is 8.16. The number of likely N-dealkylation sites (tertiary alicyclic amines) is 1. The van der Waals surface area contributed by atoms with Crippen molar-refractivity contribution in [3.63, 3.8) is 0 Å². The zero-order chi connectivity index (χ0) is 44.1. The molecule has 6 rings (SSSR count). The molecule has 4 aromatic rings. The molecule has 62 heavy (non-hydrogen) atoms. The molecule has 2 N–H and O–H groups in total. The highest BCUT2D eigenvalue weighted by Gasteiger charge is 2.44. The van der Waals surface area contributed by atoms with Crippen molar-refractivity contribution >= 4 is 40.8 Å². The van der Waals surface area contributed by atoms with Crippen LogP contribution in [0.3, 0.4) is 0 Å². The number of amides is 3. The van der Waals surface area contributed by atoms with E-state index in [4.69, 9.17) is 18.6 Å². The number of fused-ring (bicyclic) bond motifs is 1. The summed E-state index contributed by atoms with van der Waals surface area (Å²) in [6.07, 6.45) is 5.66. The van der Waals surface area contributed by atoms with E-state index < -0.39 is 59.4 Å². The van der Waals surface area contributed by atoms with Crippen LogP contribution < -0.4 is 15.4 Å². The lowest BCUT2D eigenvalue weighted by Crippen LogP contribution is -2.52. The summed E-state index contributed by atoms with van der Waals surface area (Å²) >= 11 is 0. The molecule has 2 fully saturated rings. The molecule has 4 atom stereocenters. The molecule has 1 saturated carbocycles. The van der Waals surface area contributed by atoms with Crippen molar-refractivity contribution in [3.05, 3.63) is 96.1 Å². The predicted molar refractivity (Wildman–Crippen MR) is 230 cm³/mol. The first-order valence-electron chi connectivity index (χ1n) is 21.9. The first-order valence-corrected chi connectivity index (χ1v) is 21.9. The Labute approximate surface area is 362 Å². The SMILES string of the molecule is CC(C)(C)OC(=O)NCCCC[C@H](CC(=O)[C@@H]1C[C@@H](OCC2CCCCC2)CN1C(=O)[C@@H](CCc1ccccc1)NC(=O)Oc1ccc(F)cc1)C(=O)c1nc2ccccc2o1. The number of unbranched alkanes of at least 4 members (excludes halogenated alkanes) is 1. The van der Waals surface area contributed by atoms with Crippen molar-refractivity contribution in [1.82, 2.24) is 20.5 Å². The van der Waals surface area contributed by atoms with Crippen molar-refractivity contribution in [2.24, 2.45) is 11.8 Å². The molecule has 3 amide bonds. The highest BCUT2D eigenvalue weighted by atomic mass is 19.1. The summed E-state index contributed by atoms with van der Waals surface area (Å²) in [7, 11) is 0. The van der Waals surface area contributed by atoms with Crippen LogP contribution in [0.1, 0.15) is 108 Å². The van der Waals surface area contributed by atoms with Crippen molar-refractivity contribution < 1.29 is 47.0 Å². The van der Waals surface area contributed by atoms with Gasteiger partial charge >= 0.3 is 12.2 Å². The van der Waals surface area contributed by atoms with Crippen LogP contribution in [0.4, 0.5) is 14.0 Å². The van der Waals surface area contributed by atoms with Crippen LogP contribution in [0.15, 0.2) is 83.3 Å². The van der Waals surface area contributed by atoms with E-state index >= 15 is 0 Å². The van der Waals surface area contributed by atoms with Crippen molar-refractivity contribution in [3.8, 4) is 5.75 Å². The van der Waals surface area contributed by atoms with Gasteiger partial charge in [-0.3, -0.25) is 14.4 Å². The molecule has 3 aromatic carbocycles. The number of benzene rings is 3. The number of Topliss-reactive ketones (excluding diaryl/α,β-unsaturated/α-hetero) is 2. The summed E-state index contributed by atoms with van der Waals surface area (Å²) in [6, 6.07) is 19.5. The topological polar surface area (TPSA) is 166 Å². The number of halogens is 1. The number of ketones is 2. The number of nitrogens with zero attached hydrogens (tertiary/aromatic N) is 2. The zero-order valence-electron chi connectivity index (χ0n) is 35.9. The average molecular weight is 855 g/mol. The van der Waals surface area contributed by atoms with E-state index in [1.165, 1.54) is 23.5 Å². The minimum atomic E-state index is -1.09. The number of hydrogen-bond donors (Lipinski definition) is 2. The molecule has 332 valence electrons. The van der Waals surface area contributed by atoms with Crippen LogP contribution >= 0.6 is 0 Å². The molecule has 1 aliphatic carbocycles. The quantitative estimate of drug-likeness (QED) is 0.0688. The second-order valence-electron chi connectivity index (χ2n) is 17.4. The van der Waals surface area contributed by atoms with Crippen LogP contribution in [-0.2, 0) is 25.5 Å². The minimum Gasteiger partial charge on any atom is -0.444 e. The van der Waals surface area contributed by atoms with Gasteiger partial charge in [-0.05, 0) is 107 Å². The number of nitrogens with one attached hydrogen (secondary N) is 2. The smallest absolute Gasteiger partial charge is 0.413 e. The van der Waals surface area contributed by atoms with E-state index in [1.807, 2.05) is 30.3 Å². The Kier molecular flexibility index (Phi) is 16.2. The van der Waals surface area contributed by atoms with Gasteiger partial charge in [0.2, 0.25) is 11.7 Å². The van der Waals surface area contributed by atoms with Gasteiger partial charge in [0, 0.05) is 38.5 Å². The summed E-state index contributed by atoms with van der Waals surface area (Å²) in [5.74, 6) is -2.17. The zero-order valence-corrected chi connectivity index (χ0v) is 35.9. The third-order valence-electron chi connectivity index (χ3n) is 11.4. The molecule has 13 nitrogen and oxygen atoms in total. The summed E-state index contributed by atoms with van der Waals surface area (Å²) in [5, 5.41) is 5.47. The molecule has 0 bridgehead atoms. The Morgan fingerprint density at radius 1 is 0.887 bits per heavy atom. The Balaban J connectivity index is 1.21. The average Bonchev–Trinajstić information content (AvgIpc) is 3.90. The van der Waals surface area contributed by atoms with E-state index in [0.29, 0.717) is 49.4 Å². The number of hydrogen-bond acceptors (Lipinski definition) is 10. The molecule has 1 aromatic heterocycles. The van der Waals surface area contributed by atoms with Gasteiger partial charge in [0.25, 0.3) is 5.89 Å². The maximum Gasteiger partial charge on any atom is 0.413 e. The fourth-order valence-electron chi connectivity index (χ4n) is 8.16. The molecule has 14 heteroatoms. The van der Waals surface area contributed by atoms with Gasteiger partial charge in [-0.2, -0.15) is 0 Å². The summed E-state index contributed by atoms with van der Waals surface area (Å²) in [6.45, 7) is 6.28. The lowest BCUT2D eigenvalue weighted by molar-refractivity contribution is -0.139. The molecular weight excluding hydrogens is 796 g/mol. The Morgan fingerprint density at radius 3 is 2.34 bits per heavy atom. The minimum absolute atomic E-state index is 0.0961. The van der Waals surface area contributed by atoms with E-state index in [0.717, 1.165) is 43.4 Å². The van der Waals surface area contributed by atoms with Gasteiger partial charge in [-0.15, -0.1) is 0 Å². The van der Waals surface area contributed by atoms with Crippen molar-refractivity contribution in [2.75, 3.05) is 19.7 Å². The third-order valence-corrected chi connectivity index (χ3v) is 11.4. The summed E-state index contributed by atoms with van der Waals surface area (Å²) in [5.41, 5.74) is 1.26. The van der Waals surface area contributed by atoms with E-state index in [1.54, 1.807) is 45.0 Å². The van der Waals surface area contributed by atoms with Gasteiger partial charge in [0.05, 0.1) is 12.1 Å². The Bertz CT molecular complexity index is 2080. The maximum atomic E-state index is 14.8. The van der Waals surface area contributed by atoms with E-state index in [-0.39, 0.29) is 49.7 Å². The van der Waals surface area contributed by atoms with E-state index in [9.17, 15) is 28.4 Å². The lowest BCUT2D eigenvalue weighted by atomic mass is 9.89. The van der Waals surface area contributed by atoms with Crippen LogP contribution in [0.25, 0.3) is 11.1 Å². The molecule has 0 unspecified atom stereocenters.